The summed E-state index contributed by atoms with van der Waals surface area (Å²) < 4.78 is 0. The Labute approximate surface area is 109 Å². The second-order valence-electron chi connectivity index (χ2n) is 4.82. The van der Waals surface area contributed by atoms with Gasteiger partial charge in [0.2, 0.25) is 5.96 Å². The Morgan fingerprint density at radius 2 is 1.61 bits per heavy atom. The minimum Gasteiger partial charge on any atom is -0.399 e. The summed E-state index contributed by atoms with van der Waals surface area (Å²) in [6.07, 6.45) is 0. The van der Waals surface area contributed by atoms with E-state index in [2.05, 4.69) is 38.5 Å². The van der Waals surface area contributed by atoms with Crippen LogP contribution in [0, 0.1) is 5.41 Å². The topological polar surface area (TPSA) is 77.2 Å². The number of hydrazine groups is 1. The molecule has 0 saturated carbocycles. The molecule has 5 heteroatoms. The lowest BCUT2D eigenvalue weighted by atomic mass is 10.2. The molecule has 0 saturated heterocycles. The maximum atomic E-state index is 8.03. The van der Waals surface area contributed by atoms with Crippen molar-refractivity contribution in [2.24, 2.45) is 0 Å². The molecule has 1 aromatic rings. The van der Waals surface area contributed by atoms with Crippen LogP contribution in [-0.4, -0.2) is 22.9 Å². The highest BCUT2D eigenvalue weighted by Gasteiger charge is 2.16. The standard InChI is InChI=1S/C13H23N5/c1-9(2)18(10(3)4)13(15)17-16-12-7-5-11(14)6-8-12/h5-10,16H,14H2,1-4H3,(H2,15,17). The summed E-state index contributed by atoms with van der Waals surface area (Å²) in [6, 6.07) is 7.92. The molecule has 0 aliphatic carbocycles. The van der Waals surface area contributed by atoms with Gasteiger partial charge in [0, 0.05) is 17.8 Å². The first-order valence-electron chi connectivity index (χ1n) is 6.16. The maximum absolute atomic E-state index is 8.03. The molecule has 5 nitrogen and oxygen atoms in total. The van der Waals surface area contributed by atoms with Crippen molar-refractivity contribution < 1.29 is 0 Å². The Bertz CT molecular complexity index is 375. The number of hydrogen-bond donors (Lipinski definition) is 4. The Hall–Kier alpha value is -1.91. The zero-order valence-corrected chi connectivity index (χ0v) is 11.5. The number of anilines is 2. The smallest absolute Gasteiger partial charge is 0.210 e. The van der Waals surface area contributed by atoms with Crippen LogP contribution in [0.2, 0.25) is 0 Å². The molecule has 0 aliphatic rings. The summed E-state index contributed by atoms with van der Waals surface area (Å²) in [6.45, 7) is 8.28. The summed E-state index contributed by atoms with van der Waals surface area (Å²) in [7, 11) is 0. The molecule has 0 aliphatic heterocycles. The van der Waals surface area contributed by atoms with Crippen LogP contribution >= 0.6 is 0 Å². The molecule has 100 valence electrons. The van der Waals surface area contributed by atoms with Gasteiger partial charge in [0.05, 0.1) is 5.69 Å². The van der Waals surface area contributed by atoms with Crippen LogP contribution in [0.1, 0.15) is 27.7 Å². The van der Waals surface area contributed by atoms with Gasteiger partial charge in [-0.05, 0) is 52.0 Å². The van der Waals surface area contributed by atoms with Crippen LogP contribution in [0.15, 0.2) is 24.3 Å². The van der Waals surface area contributed by atoms with Gasteiger partial charge in [-0.25, -0.2) is 0 Å². The van der Waals surface area contributed by atoms with E-state index in [-0.39, 0.29) is 12.1 Å². The van der Waals surface area contributed by atoms with Crippen molar-refractivity contribution in [3.05, 3.63) is 24.3 Å². The van der Waals surface area contributed by atoms with E-state index < -0.39 is 0 Å². The van der Waals surface area contributed by atoms with Crippen molar-refractivity contribution in [1.82, 2.24) is 10.3 Å². The molecular formula is C13H23N5. The van der Waals surface area contributed by atoms with Crippen LogP contribution in [-0.2, 0) is 0 Å². The molecule has 0 heterocycles. The number of nitrogens with two attached hydrogens (primary N) is 1. The quantitative estimate of drug-likeness (QED) is 0.286. The predicted molar refractivity (Wildman–Crippen MR) is 77.5 cm³/mol. The van der Waals surface area contributed by atoms with Gasteiger partial charge in [-0.15, -0.1) is 0 Å². The average Bonchev–Trinajstić information content (AvgIpc) is 2.27. The first-order chi connectivity index (χ1) is 8.41. The van der Waals surface area contributed by atoms with E-state index >= 15 is 0 Å². The number of nitrogens with one attached hydrogen (secondary N) is 3. The van der Waals surface area contributed by atoms with E-state index in [4.69, 9.17) is 11.1 Å². The van der Waals surface area contributed by atoms with Crippen LogP contribution in [0.3, 0.4) is 0 Å². The van der Waals surface area contributed by atoms with E-state index in [1.807, 2.05) is 29.2 Å². The molecule has 0 aromatic heterocycles. The lowest BCUT2D eigenvalue weighted by molar-refractivity contribution is 0.282. The Morgan fingerprint density at radius 3 is 2.06 bits per heavy atom. The van der Waals surface area contributed by atoms with Crippen molar-refractivity contribution in [2.45, 2.75) is 39.8 Å². The fraction of sp³-hybridized carbons (Fsp3) is 0.462. The van der Waals surface area contributed by atoms with Crippen LogP contribution < -0.4 is 16.6 Å². The lowest BCUT2D eigenvalue weighted by Crippen LogP contribution is -2.49. The van der Waals surface area contributed by atoms with Gasteiger partial charge in [0.1, 0.15) is 0 Å². The molecule has 1 aromatic carbocycles. The second kappa shape index (κ2) is 6.14. The van der Waals surface area contributed by atoms with E-state index in [1.165, 1.54) is 0 Å². The number of nitrogens with zero attached hydrogens (tertiary/aromatic N) is 1. The number of hydrogen-bond acceptors (Lipinski definition) is 3. The largest absolute Gasteiger partial charge is 0.399 e. The number of benzene rings is 1. The molecule has 0 spiro atoms. The van der Waals surface area contributed by atoms with E-state index in [9.17, 15) is 0 Å². The molecule has 0 unspecified atom stereocenters. The second-order valence-corrected chi connectivity index (χ2v) is 4.82. The normalized spacial score (nSPS) is 10.6. The molecule has 0 fully saturated rings. The van der Waals surface area contributed by atoms with Gasteiger partial charge in [0.15, 0.2) is 0 Å². The lowest BCUT2D eigenvalue weighted by Gasteiger charge is -2.33. The minimum absolute atomic E-state index is 0.276. The van der Waals surface area contributed by atoms with Crippen LogP contribution in [0.25, 0.3) is 0 Å². The fourth-order valence-corrected chi connectivity index (χ4v) is 1.88. The summed E-state index contributed by atoms with van der Waals surface area (Å²) in [5.41, 5.74) is 13.1. The van der Waals surface area contributed by atoms with E-state index in [1.54, 1.807) is 0 Å². The highest BCUT2D eigenvalue weighted by atomic mass is 15.5. The highest BCUT2D eigenvalue weighted by molar-refractivity contribution is 5.78. The monoisotopic (exact) mass is 249 g/mol. The number of guanidine groups is 1. The van der Waals surface area contributed by atoms with Crippen LogP contribution in [0.4, 0.5) is 11.4 Å². The summed E-state index contributed by atoms with van der Waals surface area (Å²) in [5, 5.41) is 8.03. The number of nitrogen functional groups attached to an aromatic ring is 1. The molecule has 0 amide bonds. The maximum Gasteiger partial charge on any atom is 0.210 e. The molecule has 0 atom stereocenters. The van der Waals surface area contributed by atoms with Crippen molar-refractivity contribution in [1.29, 1.82) is 5.41 Å². The average molecular weight is 249 g/mol. The summed E-state index contributed by atoms with van der Waals surface area (Å²) in [4.78, 5) is 1.99. The van der Waals surface area contributed by atoms with Gasteiger partial charge < -0.3 is 10.6 Å². The molecule has 0 radical (unpaired) electrons. The zero-order valence-electron chi connectivity index (χ0n) is 11.5. The van der Waals surface area contributed by atoms with Crippen molar-refractivity contribution in [2.75, 3.05) is 11.2 Å². The molecule has 0 bridgehead atoms. The van der Waals surface area contributed by atoms with E-state index in [0.717, 1.165) is 11.4 Å². The molecule has 1 rings (SSSR count). The minimum atomic E-state index is 0.276. The fourth-order valence-electron chi connectivity index (χ4n) is 1.88. The third kappa shape index (κ3) is 3.84. The van der Waals surface area contributed by atoms with Crippen molar-refractivity contribution in [3.63, 3.8) is 0 Å². The first kappa shape index (κ1) is 14.2. The summed E-state index contributed by atoms with van der Waals surface area (Å²) in [5.74, 6) is 0.358. The van der Waals surface area contributed by atoms with Gasteiger partial charge in [-0.2, -0.15) is 0 Å². The van der Waals surface area contributed by atoms with E-state index in [0.29, 0.717) is 5.96 Å². The SMILES string of the molecule is CC(C)N(C(=N)NNc1ccc(N)cc1)C(C)C. The zero-order chi connectivity index (χ0) is 13.7. The third-order valence-electron chi connectivity index (χ3n) is 2.61. The summed E-state index contributed by atoms with van der Waals surface area (Å²) >= 11 is 0. The van der Waals surface area contributed by atoms with Gasteiger partial charge in [-0.3, -0.25) is 16.3 Å². The predicted octanol–water partition coefficient (Wildman–Crippen LogP) is 2.24. The van der Waals surface area contributed by atoms with Gasteiger partial charge >= 0.3 is 0 Å². The van der Waals surface area contributed by atoms with Gasteiger partial charge in [0.25, 0.3) is 0 Å². The van der Waals surface area contributed by atoms with Gasteiger partial charge in [-0.1, -0.05) is 0 Å². The van der Waals surface area contributed by atoms with Crippen molar-refractivity contribution in [3.8, 4) is 0 Å². The Morgan fingerprint density at radius 1 is 1.11 bits per heavy atom. The Kier molecular flexibility index (Phi) is 4.83. The molecule has 5 N–H and O–H groups in total. The van der Waals surface area contributed by atoms with Crippen molar-refractivity contribution >= 4 is 17.3 Å². The molecular weight excluding hydrogens is 226 g/mol. The van der Waals surface area contributed by atoms with Crippen LogP contribution in [0.5, 0.6) is 0 Å². The Balaban J connectivity index is 2.57. The highest BCUT2D eigenvalue weighted by Crippen LogP contribution is 2.10. The molecule has 18 heavy (non-hydrogen) atoms. The third-order valence-corrected chi connectivity index (χ3v) is 2.61. The first-order valence-corrected chi connectivity index (χ1v) is 6.16. The number of rotatable bonds is 4.